The van der Waals surface area contributed by atoms with Crippen molar-refractivity contribution in [2.45, 2.75) is 18.7 Å². The lowest BCUT2D eigenvalue weighted by atomic mass is 10.2. The molecule has 0 saturated carbocycles. The van der Waals surface area contributed by atoms with Crippen LogP contribution in [0.5, 0.6) is 0 Å². The number of carbonyl (C=O) groups excluding carboxylic acids is 2. The Morgan fingerprint density at radius 3 is 2.19 bits per heavy atom. The maximum atomic E-state index is 12.2. The minimum atomic E-state index is -0.0107. The van der Waals surface area contributed by atoms with Crippen LogP contribution >= 0.6 is 11.8 Å². The molecule has 0 aromatic heterocycles. The normalized spacial score (nSPS) is 14.1. The van der Waals surface area contributed by atoms with Gasteiger partial charge >= 0.3 is 0 Å². The van der Waals surface area contributed by atoms with E-state index in [2.05, 4.69) is 22.3 Å². The molecule has 0 aliphatic carbocycles. The number of rotatable bonds is 5. The second-order valence-electron chi connectivity index (χ2n) is 6.69. The Kier molecular flexibility index (Phi) is 6.40. The molecule has 2 amide bonds. The van der Waals surface area contributed by atoms with E-state index in [-0.39, 0.29) is 11.8 Å². The smallest absolute Gasteiger partial charge is 0.234 e. The van der Waals surface area contributed by atoms with Gasteiger partial charge in [-0.1, -0.05) is 17.7 Å². The van der Waals surface area contributed by atoms with E-state index in [4.69, 9.17) is 0 Å². The lowest BCUT2D eigenvalue weighted by Crippen LogP contribution is -2.48. The predicted octanol–water partition coefficient (Wildman–Crippen LogP) is 3.39. The summed E-state index contributed by atoms with van der Waals surface area (Å²) in [6.07, 6.45) is 0. The summed E-state index contributed by atoms with van der Waals surface area (Å²) in [6.45, 7) is 6.84. The Labute approximate surface area is 164 Å². The van der Waals surface area contributed by atoms with Crippen LogP contribution in [0.3, 0.4) is 0 Å². The molecule has 2 aromatic carbocycles. The first-order valence-corrected chi connectivity index (χ1v) is 10.1. The van der Waals surface area contributed by atoms with E-state index in [0.717, 1.165) is 42.4 Å². The monoisotopic (exact) mass is 383 g/mol. The van der Waals surface area contributed by atoms with Gasteiger partial charge in [0.05, 0.1) is 5.75 Å². The van der Waals surface area contributed by atoms with E-state index in [1.807, 2.05) is 48.2 Å². The third-order valence-corrected chi connectivity index (χ3v) is 5.64. The molecule has 1 saturated heterocycles. The minimum absolute atomic E-state index is 0.0107. The van der Waals surface area contributed by atoms with Gasteiger partial charge in [0, 0.05) is 49.4 Å². The predicted molar refractivity (Wildman–Crippen MR) is 111 cm³/mol. The molecular formula is C21H25N3O2S. The molecule has 1 aliphatic heterocycles. The molecule has 142 valence electrons. The van der Waals surface area contributed by atoms with E-state index >= 15 is 0 Å². The van der Waals surface area contributed by atoms with Crippen LogP contribution in [0.2, 0.25) is 0 Å². The second kappa shape index (κ2) is 8.95. The molecule has 0 spiro atoms. The van der Waals surface area contributed by atoms with E-state index in [9.17, 15) is 9.59 Å². The van der Waals surface area contributed by atoms with E-state index in [1.165, 1.54) is 17.3 Å². The molecule has 27 heavy (non-hydrogen) atoms. The van der Waals surface area contributed by atoms with Crippen LogP contribution in [0.15, 0.2) is 53.4 Å². The standard InChI is InChI=1S/C21H25N3O2S/c1-16-3-9-20(10-4-16)27-15-21(26)22-18-5-7-19(8-6-18)24-13-11-23(12-14-24)17(2)25/h3-10H,11-15H2,1-2H3,(H,22,26). The number of amides is 2. The number of thioether (sulfide) groups is 1. The number of hydrogen-bond donors (Lipinski definition) is 1. The average molecular weight is 384 g/mol. The number of benzene rings is 2. The molecule has 0 bridgehead atoms. The number of anilines is 2. The van der Waals surface area contributed by atoms with Crippen molar-refractivity contribution in [3.8, 4) is 0 Å². The van der Waals surface area contributed by atoms with Crippen molar-refractivity contribution >= 4 is 35.0 Å². The van der Waals surface area contributed by atoms with Crippen LogP contribution in [0.4, 0.5) is 11.4 Å². The summed E-state index contributed by atoms with van der Waals surface area (Å²) >= 11 is 1.53. The van der Waals surface area contributed by atoms with E-state index in [1.54, 1.807) is 6.92 Å². The lowest BCUT2D eigenvalue weighted by Gasteiger charge is -2.35. The summed E-state index contributed by atoms with van der Waals surface area (Å²) in [6, 6.07) is 16.1. The third kappa shape index (κ3) is 5.50. The molecule has 5 nitrogen and oxygen atoms in total. The fraction of sp³-hybridized carbons (Fsp3) is 0.333. The summed E-state index contributed by atoms with van der Waals surface area (Å²) in [5, 5.41) is 2.94. The van der Waals surface area contributed by atoms with Crippen LogP contribution in [0.25, 0.3) is 0 Å². The van der Waals surface area contributed by atoms with Gasteiger partial charge < -0.3 is 15.1 Å². The number of nitrogens with zero attached hydrogens (tertiary/aromatic N) is 2. The van der Waals surface area contributed by atoms with Crippen molar-refractivity contribution < 1.29 is 9.59 Å². The van der Waals surface area contributed by atoms with Crippen molar-refractivity contribution in [3.05, 3.63) is 54.1 Å². The summed E-state index contributed by atoms with van der Waals surface area (Å²) in [7, 11) is 0. The Morgan fingerprint density at radius 1 is 0.963 bits per heavy atom. The quantitative estimate of drug-likeness (QED) is 0.804. The van der Waals surface area contributed by atoms with Gasteiger partial charge in [-0.05, 0) is 43.3 Å². The van der Waals surface area contributed by atoms with Gasteiger partial charge in [0.15, 0.2) is 0 Å². The van der Waals surface area contributed by atoms with Gasteiger partial charge in [-0.15, -0.1) is 11.8 Å². The Balaban J connectivity index is 1.48. The molecule has 3 rings (SSSR count). The average Bonchev–Trinajstić information content (AvgIpc) is 2.68. The van der Waals surface area contributed by atoms with E-state index in [0.29, 0.717) is 5.75 Å². The van der Waals surface area contributed by atoms with Crippen LogP contribution in [0.1, 0.15) is 12.5 Å². The molecule has 1 N–H and O–H groups in total. The van der Waals surface area contributed by atoms with Crippen LogP contribution < -0.4 is 10.2 Å². The largest absolute Gasteiger partial charge is 0.368 e. The topological polar surface area (TPSA) is 52.7 Å². The molecule has 1 fully saturated rings. The van der Waals surface area contributed by atoms with Gasteiger partial charge in [-0.3, -0.25) is 9.59 Å². The Hall–Kier alpha value is -2.47. The molecule has 1 aliphatic rings. The van der Waals surface area contributed by atoms with Gasteiger partial charge in [0.2, 0.25) is 11.8 Å². The highest BCUT2D eigenvalue weighted by atomic mass is 32.2. The number of aryl methyl sites for hydroxylation is 1. The first-order valence-electron chi connectivity index (χ1n) is 9.11. The lowest BCUT2D eigenvalue weighted by molar-refractivity contribution is -0.129. The maximum absolute atomic E-state index is 12.2. The fourth-order valence-corrected chi connectivity index (χ4v) is 3.71. The Bertz CT molecular complexity index is 782. The first-order chi connectivity index (χ1) is 13.0. The zero-order chi connectivity index (χ0) is 19.2. The molecule has 0 unspecified atom stereocenters. The zero-order valence-corrected chi connectivity index (χ0v) is 16.6. The zero-order valence-electron chi connectivity index (χ0n) is 15.8. The number of carbonyl (C=O) groups is 2. The van der Waals surface area contributed by atoms with Crippen LogP contribution in [-0.4, -0.2) is 48.6 Å². The number of piperazine rings is 1. The van der Waals surface area contributed by atoms with E-state index < -0.39 is 0 Å². The highest BCUT2D eigenvalue weighted by molar-refractivity contribution is 8.00. The SMILES string of the molecule is CC(=O)N1CCN(c2ccc(NC(=O)CSc3ccc(C)cc3)cc2)CC1. The summed E-state index contributed by atoms with van der Waals surface area (Å²) in [5.74, 6) is 0.511. The first kappa shape index (κ1) is 19.3. The summed E-state index contributed by atoms with van der Waals surface area (Å²) < 4.78 is 0. The molecule has 6 heteroatoms. The Morgan fingerprint density at radius 2 is 1.59 bits per heavy atom. The molecule has 2 aromatic rings. The fourth-order valence-electron chi connectivity index (χ4n) is 3.02. The summed E-state index contributed by atoms with van der Waals surface area (Å²) in [5.41, 5.74) is 3.13. The highest BCUT2D eigenvalue weighted by Gasteiger charge is 2.18. The summed E-state index contributed by atoms with van der Waals surface area (Å²) in [4.78, 5) is 28.8. The third-order valence-electron chi connectivity index (χ3n) is 4.63. The molecule has 1 heterocycles. The van der Waals surface area contributed by atoms with Crippen molar-refractivity contribution in [2.75, 3.05) is 42.1 Å². The maximum Gasteiger partial charge on any atom is 0.234 e. The molecular weight excluding hydrogens is 358 g/mol. The van der Waals surface area contributed by atoms with Crippen molar-refractivity contribution in [3.63, 3.8) is 0 Å². The van der Waals surface area contributed by atoms with Gasteiger partial charge in [-0.2, -0.15) is 0 Å². The highest BCUT2D eigenvalue weighted by Crippen LogP contribution is 2.21. The van der Waals surface area contributed by atoms with Crippen molar-refractivity contribution in [2.24, 2.45) is 0 Å². The van der Waals surface area contributed by atoms with Gasteiger partial charge in [0.25, 0.3) is 0 Å². The second-order valence-corrected chi connectivity index (χ2v) is 7.74. The molecule has 0 atom stereocenters. The number of nitrogens with one attached hydrogen (secondary N) is 1. The molecule has 0 radical (unpaired) electrons. The van der Waals surface area contributed by atoms with Crippen LogP contribution in [-0.2, 0) is 9.59 Å². The van der Waals surface area contributed by atoms with Gasteiger partial charge in [0.1, 0.15) is 0 Å². The minimum Gasteiger partial charge on any atom is -0.368 e. The van der Waals surface area contributed by atoms with Crippen molar-refractivity contribution in [1.82, 2.24) is 4.90 Å². The van der Waals surface area contributed by atoms with Crippen molar-refractivity contribution in [1.29, 1.82) is 0 Å². The van der Waals surface area contributed by atoms with Crippen LogP contribution in [0, 0.1) is 6.92 Å². The van der Waals surface area contributed by atoms with Gasteiger partial charge in [-0.25, -0.2) is 0 Å². The number of hydrogen-bond acceptors (Lipinski definition) is 4.